The molecule has 0 radical (unpaired) electrons. The van der Waals surface area contributed by atoms with Gasteiger partial charge in [0.05, 0.1) is 26.5 Å². The van der Waals surface area contributed by atoms with Gasteiger partial charge < -0.3 is 30.1 Å². The van der Waals surface area contributed by atoms with Crippen LogP contribution in [0.2, 0.25) is 0 Å². The van der Waals surface area contributed by atoms with Crippen LogP contribution in [0.4, 0.5) is 4.79 Å². The number of piperidine rings is 1. The first-order valence-electron chi connectivity index (χ1n) is 9.67. The molecule has 1 aromatic carbocycles. The van der Waals surface area contributed by atoms with Crippen LogP contribution in [0.25, 0.3) is 0 Å². The second kappa shape index (κ2) is 10.6. The minimum Gasteiger partial charge on any atom is -0.507 e. The van der Waals surface area contributed by atoms with E-state index in [2.05, 4.69) is 15.0 Å². The molecule has 0 aliphatic carbocycles. The second-order valence-corrected chi connectivity index (χ2v) is 7.33. The normalized spacial score (nSPS) is 17.1. The van der Waals surface area contributed by atoms with Crippen molar-refractivity contribution in [3.05, 3.63) is 29.3 Å². The lowest BCUT2D eigenvalue weighted by molar-refractivity contribution is -0.143. The van der Waals surface area contributed by atoms with Gasteiger partial charge in [0.1, 0.15) is 16.9 Å². The van der Waals surface area contributed by atoms with Gasteiger partial charge in [0.15, 0.2) is 0 Å². The van der Waals surface area contributed by atoms with Crippen molar-refractivity contribution in [1.82, 2.24) is 10.2 Å². The van der Waals surface area contributed by atoms with Crippen LogP contribution in [-0.4, -0.2) is 76.6 Å². The van der Waals surface area contributed by atoms with E-state index in [0.29, 0.717) is 13.1 Å². The predicted octanol–water partition coefficient (Wildman–Crippen LogP) is 1.19. The number of phenols is 1. The molecule has 1 aromatic rings. The maximum atomic E-state index is 11.6. The van der Waals surface area contributed by atoms with E-state index in [-0.39, 0.29) is 35.8 Å². The number of methoxy groups -OCH3 is 1. The summed E-state index contributed by atoms with van der Waals surface area (Å²) < 4.78 is 10.1. The Morgan fingerprint density at radius 2 is 1.77 bits per heavy atom. The standard InChI is InChI=1S/C16H20N2O5.C4H6O4/c1-22-14(20)12-8-11(2-3-13(12)19)9-18-6-4-16(5-7-18)10-17-15(21)23-16;5-3(6)1-2-4(7)8/h2-3,8,19H,4-7,9-10H2,1H3,(H,17,21);1-2H2,(H,5,6)(H,7,8). The number of carboxylic acids is 2. The third-order valence-electron chi connectivity index (χ3n) is 5.06. The summed E-state index contributed by atoms with van der Waals surface area (Å²) in [4.78, 5) is 44.4. The predicted molar refractivity (Wildman–Crippen MR) is 106 cm³/mol. The van der Waals surface area contributed by atoms with Gasteiger partial charge in [0, 0.05) is 32.5 Å². The molecule has 1 spiro atoms. The summed E-state index contributed by atoms with van der Waals surface area (Å²) in [5.41, 5.74) is 0.743. The number of rotatable bonds is 6. The van der Waals surface area contributed by atoms with Crippen molar-refractivity contribution in [2.75, 3.05) is 26.7 Å². The molecule has 11 heteroatoms. The first-order valence-corrected chi connectivity index (χ1v) is 9.67. The second-order valence-electron chi connectivity index (χ2n) is 7.33. The van der Waals surface area contributed by atoms with E-state index in [1.54, 1.807) is 12.1 Å². The number of esters is 1. The Morgan fingerprint density at radius 3 is 2.26 bits per heavy atom. The van der Waals surface area contributed by atoms with Crippen molar-refractivity contribution >= 4 is 24.0 Å². The number of aliphatic carboxylic acids is 2. The fourth-order valence-electron chi connectivity index (χ4n) is 3.33. The van der Waals surface area contributed by atoms with E-state index in [0.717, 1.165) is 31.5 Å². The molecule has 0 aromatic heterocycles. The molecule has 0 atom stereocenters. The topological polar surface area (TPSA) is 163 Å². The fourth-order valence-corrected chi connectivity index (χ4v) is 3.33. The average molecular weight is 438 g/mol. The van der Waals surface area contributed by atoms with E-state index in [4.69, 9.17) is 14.9 Å². The van der Waals surface area contributed by atoms with Crippen LogP contribution >= 0.6 is 0 Å². The molecular formula is C20H26N2O9. The summed E-state index contributed by atoms with van der Waals surface area (Å²) in [6, 6.07) is 4.96. The van der Waals surface area contributed by atoms with E-state index in [9.17, 15) is 24.3 Å². The summed E-state index contributed by atoms with van der Waals surface area (Å²) >= 11 is 0. The smallest absolute Gasteiger partial charge is 0.407 e. The molecule has 2 aliphatic heterocycles. The minimum absolute atomic E-state index is 0.0814. The zero-order valence-corrected chi connectivity index (χ0v) is 17.1. The van der Waals surface area contributed by atoms with Crippen LogP contribution < -0.4 is 5.32 Å². The molecule has 4 N–H and O–H groups in total. The van der Waals surface area contributed by atoms with Gasteiger partial charge in [-0.3, -0.25) is 14.5 Å². The Morgan fingerprint density at radius 1 is 1.16 bits per heavy atom. The maximum absolute atomic E-state index is 11.6. The number of likely N-dealkylation sites (tertiary alicyclic amines) is 1. The van der Waals surface area contributed by atoms with E-state index in [1.807, 2.05) is 0 Å². The Balaban J connectivity index is 0.000000366. The third-order valence-corrected chi connectivity index (χ3v) is 5.06. The highest BCUT2D eigenvalue weighted by molar-refractivity contribution is 5.92. The molecule has 11 nitrogen and oxygen atoms in total. The summed E-state index contributed by atoms with van der Waals surface area (Å²) in [5.74, 6) is -2.78. The maximum Gasteiger partial charge on any atom is 0.407 e. The summed E-state index contributed by atoms with van der Waals surface area (Å²) in [7, 11) is 1.29. The SMILES string of the molecule is COC(=O)c1cc(CN2CCC3(CC2)CNC(=O)O3)ccc1O.O=C(O)CCC(=O)O. The highest BCUT2D eigenvalue weighted by atomic mass is 16.6. The number of phenolic OH excluding ortho intramolecular Hbond substituents is 1. The molecule has 170 valence electrons. The van der Waals surface area contributed by atoms with Crippen molar-refractivity contribution in [1.29, 1.82) is 0 Å². The van der Waals surface area contributed by atoms with Gasteiger partial charge in [-0.05, 0) is 17.7 Å². The number of hydrogen-bond acceptors (Lipinski definition) is 8. The van der Waals surface area contributed by atoms with Crippen molar-refractivity contribution in [2.45, 2.75) is 37.8 Å². The first kappa shape index (κ1) is 23.9. The Bertz CT molecular complexity index is 818. The molecule has 2 saturated heterocycles. The van der Waals surface area contributed by atoms with Crippen LogP contribution in [0.3, 0.4) is 0 Å². The summed E-state index contributed by atoms with van der Waals surface area (Å²) in [6.45, 7) is 2.86. The summed E-state index contributed by atoms with van der Waals surface area (Å²) in [6.07, 6.45) is 0.645. The number of amides is 1. The largest absolute Gasteiger partial charge is 0.507 e. The molecule has 0 saturated carbocycles. The van der Waals surface area contributed by atoms with Crippen molar-refractivity contribution < 1.29 is 44.0 Å². The van der Waals surface area contributed by atoms with Crippen LogP contribution in [0, 0.1) is 0 Å². The number of nitrogens with one attached hydrogen (secondary N) is 1. The van der Waals surface area contributed by atoms with Crippen molar-refractivity contribution in [3.8, 4) is 5.75 Å². The van der Waals surface area contributed by atoms with Crippen LogP contribution in [-0.2, 0) is 25.6 Å². The average Bonchev–Trinajstić information content (AvgIpc) is 3.09. The molecule has 3 rings (SSSR count). The Kier molecular flexibility index (Phi) is 8.20. The van der Waals surface area contributed by atoms with Gasteiger partial charge >= 0.3 is 24.0 Å². The molecule has 2 aliphatic rings. The number of carbonyl (C=O) groups is 4. The number of carbonyl (C=O) groups excluding carboxylic acids is 2. The lowest BCUT2D eigenvalue weighted by Crippen LogP contribution is -2.46. The first-order chi connectivity index (χ1) is 14.6. The van der Waals surface area contributed by atoms with Crippen LogP contribution in [0.15, 0.2) is 18.2 Å². The lowest BCUT2D eigenvalue weighted by Gasteiger charge is -2.37. The number of aromatic hydroxyl groups is 1. The van der Waals surface area contributed by atoms with Gasteiger partial charge in [-0.15, -0.1) is 0 Å². The van der Waals surface area contributed by atoms with Gasteiger partial charge in [-0.2, -0.15) is 0 Å². The zero-order chi connectivity index (χ0) is 23.0. The molecule has 31 heavy (non-hydrogen) atoms. The number of alkyl carbamates (subject to hydrolysis) is 1. The fraction of sp³-hybridized carbons (Fsp3) is 0.500. The van der Waals surface area contributed by atoms with E-state index >= 15 is 0 Å². The molecule has 1 amide bonds. The van der Waals surface area contributed by atoms with Crippen LogP contribution in [0.5, 0.6) is 5.75 Å². The van der Waals surface area contributed by atoms with Crippen LogP contribution in [0.1, 0.15) is 41.6 Å². The van der Waals surface area contributed by atoms with Gasteiger partial charge in [-0.1, -0.05) is 6.07 Å². The third kappa shape index (κ3) is 7.14. The minimum atomic E-state index is -1.08. The molecule has 2 heterocycles. The van der Waals surface area contributed by atoms with Crippen molar-refractivity contribution in [2.24, 2.45) is 0 Å². The van der Waals surface area contributed by atoms with Gasteiger partial charge in [-0.25, -0.2) is 9.59 Å². The van der Waals surface area contributed by atoms with E-state index in [1.165, 1.54) is 13.2 Å². The number of ether oxygens (including phenoxy) is 2. The van der Waals surface area contributed by atoms with E-state index < -0.39 is 17.9 Å². The molecule has 2 fully saturated rings. The molecular weight excluding hydrogens is 412 g/mol. The highest BCUT2D eigenvalue weighted by Crippen LogP contribution is 2.30. The quantitative estimate of drug-likeness (QED) is 0.474. The zero-order valence-electron chi connectivity index (χ0n) is 17.1. The van der Waals surface area contributed by atoms with Gasteiger partial charge in [0.2, 0.25) is 0 Å². The molecule has 0 bridgehead atoms. The number of carboxylic acid groups (broad SMARTS) is 2. The molecule has 0 unspecified atom stereocenters. The number of hydrogen-bond donors (Lipinski definition) is 4. The Hall–Kier alpha value is -3.34. The Labute approximate surface area is 178 Å². The monoisotopic (exact) mass is 438 g/mol. The number of benzene rings is 1. The van der Waals surface area contributed by atoms with Gasteiger partial charge in [0.25, 0.3) is 0 Å². The van der Waals surface area contributed by atoms with Crippen molar-refractivity contribution in [3.63, 3.8) is 0 Å². The number of nitrogens with zero attached hydrogens (tertiary/aromatic N) is 1. The highest BCUT2D eigenvalue weighted by Gasteiger charge is 2.42. The lowest BCUT2D eigenvalue weighted by atomic mass is 9.91. The summed E-state index contributed by atoms with van der Waals surface area (Å²) in [5, 5.41) is 28.3.